The summed E-state index contributed by atoms with van der Waals surface area (Å²) in [7, 11) is 0. The van der Waals surface area contributed by atoms with E-state index in [-0.39, 0.29) is 6.54 Å². The van der Waals surface area contributed by atoms with E-state index in [1.807, 2.05) is 24.3 Å². The summed E-state index contributed by atoms with van der Waals surface area (Å²) < 4.78 is 8.16. The molecule has 0 radical (unpaired) electrons. The molecule has 3 aromatic rings. The van der Waals surface area contributed by atoms with E-state index < -0.39 is 24.4 Å². The Balaban J connectivity index is 1.69. The molecule has 0 bridgehead atoms. The molecule has 0 aliphatic rings. The van der Waals surface area contributed by atoms with Crippen molar-refractivity contribution in [3.63, 3.8) is 0 Å². The largest absolute Gasteiger partial charge is 0.451 e. The van der Waals surface area contributed by atoms with Gasteiger partial charge < -0.3 is 15.8 Å². The molecule has 0 unspecified atom stereocenters. The molecule has 0 fully saturated rings. The van der Waals surface area contributed by atoms with Crippen molar-refractivity contribution in [2.75, 3.05) is 13.2 Å². The Labute approximate surface area is 138 Å². The standard InChI is InChI=1S/C15H12N2O4S2/c16-12(18)6-17-13(19)7-21-15(20)11-5-10-14(23-11)8-3-1-2-4-9(8)22-10/h1-5H,6-7H2,(H2,16,18)(H,17,19). The van der Waals surface area contributed by atoms with Gasteiger partial charge in [-0.15, -0.1) is 22.7 Å². The number of carbonyl (C=O) groups excluding carboxylic acids is 3. The summed E-state index contributed by atoms with van der Waals surface area (Å²) in [4.78, 5) is 34.4. The van der Waals surface area contributed by atoms with E-state index in [2.05, 4.69) is 5.32 Å². The molecule has 1 aromatic carbocycles. The third kappa shape index (κ3) is 3.33. The van der Waals surface area contributed by atoms with Gasteiger partial charge in [0.25, 0.3) is 5.91 Å². The number of benzene rings is 1. The van der Waals surface area contributed by atoms with Crippen LogP contribution in [0.15, 0.2) is 30.3 Å². The Morgan fingerprint density at radius 1 is 1.13 bits per heavy atom. The van der Waals surface area contributed by atoms with Crippen molar-refractivity contribution >= 4 is 59.9 Å². The van der Waals surface area contributed by atoms with Crippen LogP contribution in [-0.4, -0.2) is 30.9 Å². The molecule has 23 heavy (non-hydrogen) atoms. The fourth-order valence-electron chi connectivity index (χ4n) is 2.04. The first-order valence-corrected chi connectivity index (χ1v) is 8.31. The summed E-state index contributed by atoms with van der Waals surface area (Å²) in [6.45, 7) is -0.727. The topological polar surface area (TPSA) is 98.5 Å². The highest BCUT2D eigenvalue weighted by atomic mass is 32.1. The molecule has 0 aliphatic heterocycles. The number of nitrogens with one attached hydrogen (secondary N) is 1. The predicted molar refractivity (Wildman–Crippen MR) is 89.7 cm³/mol. The maximum Gasteiger partial charge on any atom is 0.348 e. The van der Waals surface area contributed by atoms with Crippen LogP contribution in [0.3, 0.4) is 0 Å². The summed E-state index contributed by atoms with van der Waals surface area (Å²) in [6.07, 6.45) is 0. The van der Waals surface area contributed by atoms with Crippen LogP contribution in [-0.2, 0) is 14.3 Å². The number of hydrogen-bond acceptors (Lipinski definition) is 6. The van der Waals surface area contributed by atoms with Gasteiger partial charge >= 0.3 is 5.97 Å². The Morgan fingerprint density at radius 2 is 1.91 bits per heavy atom. The van der Waals surface area contributed by atoms with Crippen LogP contribution < -0.4 is 11.1 Å². The van der Waals surface area contributed by atoms with Crippen LogP contribution in [0.25, 0.3) is 19.5 Å². The minimum atomic E-state index is -0.657. The van der Waals surface area contributed by atoms with E-state index in [9.17, 15) is 14.4 Å². The Hall–Kier alpha value is -2.45. The van der Waals surface area contributed by atoms with Gasteiger partial charge in [0.2, 0.25) is 5.91 Å². The lowest BCUT2D eigenvalue weighted by Crippen LogP contribution is -2.35. The normalized spacial score (nSPS) is 10.8. The molecule has 2 amide bonds. The minimum absolute atomic E-state index is 0.281. The van der Waals surface area contributed by atoms with E-state index in [0.717, 1.165) is 14.8 Å². The van der Waals surface area contributed by atoms with Crippen molar-refractivity contribution < 1.29 is 19.1 Å². The number of thiophene rings is 2. The zero-order valence-corrected chi connectivity index (χ0v) is 13.5. The van der Waals surface area contributed by atoms with Gasteiger partial charge in [-0.05, 0) is 12.1 Å². The van der Waals surface area contributed by atoms with Crippen molar-refractivity contribution in [2.24, 2.45) is 5.73 Å². The molecule has 3 rings (SSSR count). The summed E-state index contributed by atoms with van der Waals surface area (Å²) in [5.74, 6) is -1.78. The Bertz CT molecular complexity index is 913. The molecule has 3 N–H and O–H groups in total. The highest BCUT2D eigenvalue weighted by Crippen LogP contribution is 2.39. The van der Waals surface area contributed by atoms with Crippen molar-refractivity contribution in [3.8, 4) is 0 Å². The quantitative estimate of drug-likeness (QED) is 0.688. The molecule has 2 heterocycles. The SMILES string of the molecule is NC(=O)CNC(=O)COC(=O)c1cc2sc3ccccc3c2s1. The van der Waals surface area contributed by atoms with Gasteiger partial charge in [0.15, 0.2) is 6.61 Å². The number of esters is 1. The summed E-state index contributed by atoms with van der Waals surface area (Å²) >= 11 is 2.95. The molecule has 0 atom stereocenters. The molecular weight excluding hydrogens is 336 g/mol. The van der Waals surface area contributed by atoms with Crippen LogP contribution in [0.1, 0.15) is 9.67 Å². The van der Waals surface area contributed by atoms with Gasteiger partial charge in [-0.25, -0.2) is 4.79 Å². The highest BCUT2D eigenvalue weighted by molar-refractivity contribution is 7.33. The average molecular weight is 348 g/mol. The monoisotopic (exact) mass is 348 g/mol. The highest BCUT2D eigenvalue weighted by Gasteiger charge is 2.16. The van der Waals surface area contributed by atoms with E-state index >= 15 is 0 Å². The van der Waals surface area contributed by atoms with Crippen LogP contribution in [0, 0.1) is 0 Å². The molecule has 2 aromatic heterocycles. The number of carbonyl (C=O) groups is 3. The first-order valence-electron chi connectivity index (χ1n) is 6.68. The molecule has 0 saturated heterocycles. The maximum atomic E-state index is 12.0. The lowest BCUT2D eigenvalue weighted by molar-refractivity contribution is -0.127. The third-order valence-corrected chi connectivity index (χ3v) is 5.44. The van der Waals surface area contributed by atoms with Gasteiger partial charge in [-0.2, -0.15) is 0 Å². The second kappa shape index (κ2) is 6.35. The molecule has 8 heteroatoms. The van der Waals surface area contributed by atoms with Crippen molar-refractivity contribution in [2.45, 2.75) is 0 Å². The molecule has 6 nitrogen and oxygen atoms in total. The first kappa shape index (κ1) is 15.4. The minimum Gasteiger partial charge on any atom is -0.451 e. The van der Waals surface area contributed by atoms with Crippen molar-refractivity contribution in [1.82, 2.24) is 5.32 Å². The number of hydrogen-bond donors (Lipinski definition) is 2. The number of fused-ring (bicyclic) bond motifs is 3. The second-order valence-electron chi connectivity index (χ2n) is 4.72. The van der Waals surface area contributed by atoms with Gasteiger partial charge in [0, 0.05) is 14.8 Å². The molecular formula is C15H12N2O4S2. The number of primary amides is 1. The smallest absolute Gasteiger partial charge is 0.348 e. The van der Waals surface area contributed by atoms with Crippen LogP contribution in [0.4, 0.5) is 0 Å². The lowest BCUT2D eigenvalue weighted by Gasteiger charge is -2.03. The molecule has 118 valence electrons. The molecule has 0 spiro atoms. The maximum absolute atomic E-state index is 12.0. The van der Waals surface area contributed by atoms with E-state index in [0.29, 0.717) is 4.88 Å². The van der Waals surface area contributed by atoms with Gasteiger partial charge in [0.05, 0.1) is 11.2 Å². The fourth-order valence-corrected chi connectivity index (χ4v) is 4.46. The summed E-state index contributed by atoms with van der Waals surface area (Å²) in [6, 6.07) is 9.75. The van der Waals surface area contributed by atoms with Crippen LogP contribution in [0.5, 0.6) is 0 Å². The Kier molecular flexibility index (Phi) is 4.26. The number of ether oxygens (including phenoxy) is 1. The molecule has 0 aliphatic carbocycles. The zero-order valence-electron chi connectivity index (χ0n) is 11.8. The van der Waals surface area contributed by atoms with Crippen molar-refractivity contribution in [1.29, 1.82) is 0 Å². The third-order valence-electron chi connectivity index (χ3n) is 3.04. The van der Waals surface area contributed by atoms with E-state index in [1.54, 1.807) is 17.4 Å². The number of amides is 2. The molecule has 0 saturated carbocycles. The Morgan fingerprint density at radius 3 is 2.70 bits per heavy atom. The predicted octanol–water partition coefficient (Wildman–Crippen LogP) is 1.87. The first-order chi connectivity index (χ1) is 11.0. The van der Waals surface area contributed by atoms with E-state index in [4.69, 9.17) is 10.5 Å². The fraction of sp³-hybridized carbons (Fsp3) is 0.133. The number of nitrogens with two attached hydrogens (primary N) is 1. The zero-order chi connectivity index (χ0) is 16.4. The van der Waals surface area contributed by atoms with Gasteiger partial charge in [0.1, 0.15) is 4.88 Å². The van der Waals surface area contributed by atoms with E-state index in [1.165, 1.54) is 16.0 Å². The summed E-state index contributed by atoms with van der Waals surface area (Å²) in [5, 5.41) is 3.36. The number of rotatable bonds is 5. The van der Waals surface area contributed by atoms with Crippen LogP contribution in [0.2, 0.25) is 0 Å². The van der Waals surface area contributed by atoms with Crippen molar-refractivity contribution in [3.05, 3.63) is 35.2 Å². The van der Waals surface area contributed by atoms with Crippen LogP contribution >= 0.6 is 22.7 Å². The van der Waals surface area contributed by atoms with Gasteiger partial charge in [-0.3, -0.25) is 9.59 Å². The average Bonchev–Trinajstić information content (AvgIpc) is 3.08. The second-order valence-corrected chi connectivity index (χ2v) is 6.86. The summed E-state index contributed by atoms with van der Waals surface area (Å²) in [5.41, 5.74) is 4.91. The lowest BCUT2D eigenvalue weighted by atomic mass is 10.2. The van der Waals surface area contributed by atoms with Gasteiger partial charge in [-0.1, -0.05) is 18.2 Å².